The van der Waals surface area contributed by atoms with Crippen LogP contribution in [0.2, 0.25) is 0 Å². The molecule has 5 heteroatoms. The van der Waals surface area contributed by atoms with Gasteiger partial charge in [-0.05, 0) is 31.2 Å². The third kappa shape index (κ3) is 2.36. The molecule has 1 unspecified atom stereocenters. The smallest absolute Gasteiger partial charge is 0.314 e. The molecule has 0 spiro atoms. The van der Waals surface area contributed by atoms with Gasteiger partial charge in [0, 0.05) is 6.04 Å². The van der Waals surface area contributed by atoms with Gasteiger partial charge in [0.25, 0.3) is 0 Å². The van der Waals surface area contributed by atoms with E-state index in [1.54, 1.807) is 0 Å². The lowest BCUT2D eigenvalue weighted by molar-refractivity contribution is 0.542. The van der Waals surface area contributed by atoms with E-state index >= 15 is 0 Å². The van der Waals surface area contributed by atoms with Gasteiger partial charge in [-0.15, -0.1) is 0 Å². The SMILES string of the molecule is CCCC(NC)c1ccc2[nH]c(=O)c(=O)[nH]c2c1. The van der Waals surface area contributed by atoms with Gasteiger partial charge in [-0.25, -0.2) is 0 Å². The second-order valence-electron chi connectivity index (χ2n) is 4.34. The van der Waals surface area contributed by atoms with Crippen LogP contribution in [-0.4, -0.2) is 17.0 Å². The molecule has 2 aromatic rings. The Labute approximate surface area is 104 Å². The van der Waals surface area contributed by atoms with Crippen LogP contribution in [0.25, 0.3) is 11.0 Å². The molecule has 2 rings (SSSR count). The highest BCUT2D eigenvalue weighted by Crippen LogP contribution is 2.20. The van der Waals surface area contributed by atoms with Crippen molar-refractivity contribution < 1.29 is 0 Å². The number of benzene rings is 1. The number of hydrogen-bond acceptors (Lipinski definition) is 3. The number of aromatic amines is 2. The standard InChI is InChI=1S/C13H17N3O2/c1-3-4-9(14-2)8-5-6-10-11(7-8)16-13(18)12(17)15-10/h5-7,9,14H,3-4H2,1-2H3,(H,15,17)(H,16,18). The predicted molar refractivity (Wildman–Crippen MR) is 71.9 cm³/mol. The highest BCUT2D eigenvalue weighted by molar-refractivity contribution is 5.74. The van der Waals surface area contributed by atoms with Crippen LogP contribution in [0.15, 0.2) is 27.8 Å². The molecular weight excluding hydrogens is 230 g/mol. The van der Waals surface area contributed by atoms with Crippen LogP contribution in [0.5, 0.6) is 0 Å². The Bertz CT molecular complexity index is 657. The van der Waals surface area contributed by atoms with Crippen LogP contribution < -0.4 is 16.4 Å². The van der Waals surface area contributed by atoms with Gasteiger partial charge >= 0.3 is 11.1 Å². The van der Waals surface area contributed by atoms with Crippen LogP contribution >= 0.6 is 0 Å². The molecule has 0 bridgehead atoms. The van der Waals surface area contributed by atoms with Gasteiger partial charge in [0.2, 0.25) is 0 Å². The summed E-state index contributed by atoms with van der Waals surface area (Å²) in [5.41, 5.74) is 1.18. The Morgan fingerprint density at radius 1 is 1.17 bits per heavy atom. The minimum absolute atomic E-state index is 0.259. The lowest BCUT2D eigenvalue weighted by Crippen LogP contribution is -2.29. The van der Waals surface area contributed by atoms with Crippen molar-refractivity contribution >= 4 is 11.0 Å². The minimum atomic E-state index is -0.617. The maximum absolute atomic E-state index is 11.3. The van der Waals surface area contributed by atoms with Crippen molar-refractivity contribution in [2.24, 2.45) is 0 Å². The molecular formula is C13H17N3O2. The van der Waals surface area contributed by atoms with Crippen LogP contribution in [0.3, 0.4) is 0 Å². The molecule has 0 fully saturated rings. The highest BCUT2D eigenvalue weighted by Gasteiger charge is 2.09. The Kier molecular flexibility index (Phi) is 3.62. The van der Waals surface area contributed by atoms with E-state index in [2.05, 4.69) is 22.2 Å². The maximum Gasteiger partial charge on any atom is 0.314 e. The van der Waals surface area contributed by atoms with Crippen LogP contribution in [0.4, 0.5) is 0 Å². The Morgan fingerprint density at radius 2 is 1.83 bits per heavy atom. The number of hydrogen-bond donors (Lipinski definition) is 3. The first-order valence-electron chi connectivity index (χ1n) is 6.09. The molecule has 1 aromatic heterocycles. The summed E-state index contributed by atoms with van der Waals surface area (Å²) in [7, 11) is 1.92. The number of nitrogens with one attached hydrogen (secondary N) is 3. The maximum atomic E-state index is 11.3. The highest BCUT2D eigenvalue weighted by atomic mass is 16.2. The zero-order valence-corrected chi connectivity index (χ0v) is 10.5. The van der Waals surface area contributed by atoms with Crippen molar-refractivity contribution in [1.82, 2.24) is 15.3 Å². The average molecular weight is 247 g/mol. The van der Waals surface area contributed by atoms with E-state index in [0.29, 0.717) is 11.0 Å². The van der Waals surface area contributed by atoms with Gasteiger partial charge in [0.1, 0.15) is 0 Å². The first kappa shape index (κ1) is 12.6. The predicted octanol–water partition coefficient (Wildman–Crippen LogP) is 1.28. The molecule has 1 atom stereocenters. The summed E-state index contributed by atoms with van der Waals surface area (Å²) in [4.78, 5) is 27.6. The molecule has 0 aliphatic heterocycles. The Morgan fingerprint density at radius 3 is 2.44 bits per heavy atom. The van der Waals surface area contributed by atoms with Crippen molar-refractivity contribution in [3.63, 3.8) is 0 Å². The molecule has 0 aliphatic rings. The van der Waals surface area contributed by atoms with Crippen molar-refractivity contribution in [2.45, 2.75) is 25.8 Å². The van der Waals surface area contributed by atoms with Gasteiger partial charge in [0.15, 0.2) is 0 Å². The Hall–Kier alpha value is -1.88. The van der Waals surface area contributed by atoms with E-state index < -0.39 is 11.1 Å². The van der Waals surface area contributed by atoms with E-state index in [1.807, 2.05) is 25.2 Å². The molecule has 0 saturated carbocycles. The molecule has 96 valence electrons. The van der Waals surface area contributed by atoms with Gasteiger partial charge < -0.3 is 15.3 Å². The molecule has 1 heterocycles. The molecule has 0 saturated heterocycles. The summed E-state index contributed by atoms with van der Waals surface area (Å²) in [5.74, 6) is 0. The largest absolute Gasteiger partial charge is 0.316 e. The van der Waals surface area contributed by atoms with Crippen LogP contribution in [-0.2, 0) is 0 Å². The monoisotopic (exact) mass is 247 g/mol. The first-order chi connectivity index (χ1) is 8.65. The number of fused-ring (bicyclic) bond motifs is 1. The lowest BCUT2D eigenvalue weighted by Gasteiger charge is -2.16. The summed E-state index contributed by atoms with van der Waals surface area (Å²) >= 11 is 0. The molecule has 18 heavy (non-hydrogen) atoms. The summed E-state index contributed by atoms with van der Waals surface area (Å²) in [5, 5.41) is 3.25. The molecule has 5 nitrogen and oxygen atoms in total. The van der Waals surface area contributed by atoms with Crippen LogP contribution in [0.1, 0.15) is 31.4 Å². The number of rotatable bonds is 4. The van der Waals surface area contributed by atoms with E-state index in [4.69, 9.17) is 0 Å². The molecule has 1 aromatic carbocycles. The number of H-pyrrole nitrogens is 2. The third-order valence-electron chi connectivity index (χ3n) is 3.07. The quantitative estimate of drug-likeness (QED) is 0.712. The van der Waals surface area contributed by atoms with Gasteiger partial charge in [-0.3, -0.25) is 9.59 Å². The van der Waals surface area contributed by atoms with Crippen LogP contribution in [0, 0.1) is 0 Å². The Balaban J connectivity index is 2.52. The first-order valence-corrected chi connectivity index (χ1v) is 6.09. The van der Waals surface area contributed by atoms with E-state index in [1.165, 1.54) is 0 Å². The summed E-state index contributed by atoms with van der Waals surface area (Å²) in [6, 6.07) is 5.95. The molecule has 0 aliphatic carbocycles. The lowest BCUT2D eigenvalue weighted by atomic mass is 10.0. The van der Waals surface area contributed by atoms with Gasteiger partial charge in [-0.2, -0.15) is 0 Å². The number of aromatic nitrogens is 2. The average Bonchev–Trinajstić information content (AvgIpc) is 2.37. The van der Waals surface area contributed by atoms with Crippen molar-refractivity contribution in [3.8, 4) is 0 Å². The van der Waals surface area contributed by atoms with E-state index in [-0.39, 0.29) is 6.04 Å². The van der Waals surface area contributed by atoms with E-state index in [0.717, 1.165) is 18.4 Å². The normalized spacial score (nSPS) is 12.8. The summed E-state index contributed by atoms with van der Waals surface area (Å²) < 4.78 is 0. The topological polar surface area (TPSA) is 77.8 Å². The molecule has 0 radical (unpaired) electrons. The molecule has 0 amide bonds. The van der Waals surface area contributed by atoms with Crippen molar-refractivity contribution in [1.29, 1.82) is 0 Å². The van der Waals surface area contributed by atoms with Gasteiger partial charge in [0.05, 0.1) is 11.0 Å². The fraction of sp³-hybridized carbons (Fsp3) is 0.385. The zero-order chi connectivity index (χ0) is 13.1. The minimum Gasteiger partial charge on any atom is -0.316 e. The summed E-state index contributed by atoms with van der Waals surface area (Å²) in [6.07, 6.45) is 2.10. The zero-order valence-electron chi connectivity index (χ0n) is 10.5. The third-order valence-corrected chi connectivity index (χ3v) is 3.07. The fourth-order valence-corrected chi connectivity index (χ4v) is 2.12. The summed E-state index contributed by atoms with van der Waals surface area (Å²) in [6.45, 7) is 2.13. The second-order valence-corrected chi connectivity index (χ2v) is 4.34. The van der Waals surface area contributed by atoms with Crippen molar-refractivity contribution in [2.75, 3.05) is 7.05 Å². The van der Waals surface area contributed by atoms with E-state index in [9.17, 15) is 9.59 Å². The molecule has 3 N–H and O–H groups in total. The fourth-order valence-electron chi connectivity index (χ4n) is 2.12. The second kappa shape index (κ2) is 5.18. The van der Waals surface area contributed by atoms with Gasteiger partial charge in [-0.1, -0.05) is 19.4 Å². The van der Waals surface area contributed by atoms with Crippen molar-refractivity contribution in [3.05, 3.63) is 44.5 Å².